The van der Waals surface area contributed by atoms with E-state index in [0.717, 1.165) is 0 Å². The maximum atomic E-state index is 11.7. The van der Waals surface area contributed by atoms with Crippen molar-refractivity contribution in [3.8, 4) is 0 Å². The Labute approximate surface area is 89.1 Å². The van der Waals surface area contributed by atoms with Crippen LogP contribution in [0, 0.1) is 5.39 Å². The molecule has 7 heteroatoms. The Balaban J connectivity index is 2.85. The maximum Gasteiger partial charge on any atom is 0.517 e. The van der Waals surface area contributed by atoms with Crippen LogP contribution in [-0.4, -0.2) is 16.3 Å². The summed E-state index contributed by atoms with van der Waals surface area (Å²) in [5.41, 5.74) is 6.20. The second-order valence-corrected chi connectivity index (χ2v) is 3.15. The van der Waals surface area contributed by atoms with E-state index in [2.05, 4.69) is 14.7 Å². The van der Waals surface area contributed by atoms with Gasteiger partial charge in [-0.1, -0.05) is 12.1 Å². The zero-order chi connectivity index (χ0) is 11.8. The molecule has 0 saturated carbocycles. The molecule has 1 aliphatic carbocycles. The summed E-state index contributed by atoms with van der Waals surface area (Å²) < 4.78 is 0. The Hall–Kier alpha value is -2.39. The van der Waals surface area contributed by atoms with Gasteiger partial charge in [-0.15, -0.1) is 0 Å². The monoisotopic (exact) mass is 216 g/mol. The first kappa shape index (κ1) is 10.1. The lowest BCUT2D eigenvalue weighted by Crippen LogP contribution is -2.38. The average Bonchev–Trinajstić information content (AvgIpc) is 2.58. The normalized spacial score (nSPS) is 22.5. The number of fused-ring (bicyclic) bond motifs is 1. The van der Waals surface area contributed by atoms with E-state index in [-0.39, 0.29) is 16.8 Å². The van der Waals surface area contributed by atoms with Crippen LogP contribution in [0.1, 0.15) is 11.1 Å². The Bertz CT molecular complexity index is 570. The number of ketones is 1. The van der Waals surface area contributed by atoms with Crippen LogP contribution in [0.25, 0.3) is 10.5 Å². The van der Waals surface area contributed by atoms with Crippen molar-refractivity contribution in [2.24, 2.45) is 0 Å². The van der Waals surface area contributed by atoms with Crippen molar-refractivity contribution in [2.45, 2.75) is 5.72 Å². The van der Waals surface area contributed by atoms with Gasteiger partial charge in [-0.2, -0.15) is 4.79 Å². The fraction of sp³-hybridized carbons (Fsp3) is 0.111. The Kier molecular flexibility index (Phi) is 2.11. The van der Waals surface area contributed by atoms with E-state index in [1.54, 1.807) is 6.07 Å². The van der Waals surface area contributed by atoms with Gasteiger partial charge in [0.2, 0.25) is 5.39 Å². The Morgan fingerprint density at radius 3 is 2.69 bits per heavy atom. The molecule has 0 heterocycles. The number of rotatable bonds is 1. The summed E-state index contributed by atoms with van der Waals surface area (Å²) in [6.07, 6.45) is 0. The summed E-state index contributed by atoms with van der Waals surface area (Å²) in [6.45, 7) is 0. The molecule has 0 radical (unpaired) electrons. The van der Waals surface area contributed by atoms with Crippen LogP contribution in [0.15, 0.2) is 24.3 Å². The van der Waals surface area contributed by atoms with Gasteiger partial charge in [-0.3, -0.25) is 4.79 Å². The third-order valence-corrected chi connectivity index (χ3v) is 2.43. The molecule has 0 bridgehead atoms. The van der Waals surface area contributed by atoms with Gasteiger partial charge in [-0.25, -0.2) is 0 Å². The highest BCUT2D eigenvalue weighted by Gasteiger charge is 2.67. The smallest absolute Gasteiger partial charge is 0.517 e. The van der Waals surface area contributed by atoms with Gasteiger partial charge >= 0.3 is 17.2 Å². The molecule has 1 aromatic carbocycles. The molecule has 1 aliphatic rings. The summed E-state index contributed by atoms with van der Waals surface area (Å²) in [5, 5.41) is 19.4. The molecular weight excluding hydrogens is 212 g/mol. The van der Waals surface area contributed by atoms with Crippen LogP contribution in [0.3, 0.4) is 0 Å². The Morgan fingerprint density at radius 1 is 1.44 bits per heavy atom. The lowest BCUT2D eigenvalue weighted by Gasteiger charge is -2.11. The minimum atomic E-state index is -2.36. The van der Waals surface area contributed by atoms with E-state index in [0.29, 0.717) is 0 Å². The molecule has 0 saturated heterocycles. The standard InChI is InChI=1S/C9H4N4O3/c10-12-7-5-3-1-2-4-6(5)9(13-11,16-15)8(7)14/h1-4H. The summed E-state index contributed by atoms with van der Waals surface area (Å²) in [5.74, 6) is -1.01. The quantitative estimate of drug-likeness (QED) is 0.208. The predicted octanol–water partition coefficient (Wildman–Crippen LogP) is -0.414. The highest BCUT2D eigenvalue weighted by atomic mass is 17.1. The summed E-state index contributed by atoms with van der Waals surface area (Å²) in [6, 6.07) is 5.94. The largest absolute Gasteiger partial charge is 0.717 e. The molecule has 2 rings (SSSR count). The molecular formula is C9H4N4O3. The second kappa shape index (κ2) is 3.32. The molecule has 0 spiro atoms. The molecule has 1 atom stereocenters. The van der Waals surface area contributed by atoms with Crippen molar-refractivity contribution in [3.05, 3.63) is 45.9 Å². The predicted molar refractivity (Wildman–Crippen MR) is 47.0 cm³/mol. The summed E-state index contributed by atoms with van der Waals surface area (Å²) >= 11 is 0. The van der Waals surface area contributed by atoms with Gasteiger partial charge in [0.1, 0.15) is 0 Å². The van der Waals surface area contributed by atoms with E-state index in [4.69, 9.17) is 10.9 Å². The van der Waals surface area contributed by atoms with Crippen LogP contribution in [0.5, 0.6) is 0 Å². The van der Waals surface area contributed by atoms with Crippen molar-refractivity contribution in [2.75, 3.05) is 0 Å². The van der Waals surface area contributed by atoms with Gasteiger partial charge in [0.25, 0.3) is 0 Å². The lowest BCUT2D eigenvalue weighted by atomic mass is 10.1. The number of hydrogen-bond acceptors (Lipinski definition) is 4. The van der Waals surface area contributed by atoms with Gasteiger partial charge in [0, 0.05) is 0 Å². The average molecular weight is 216 g/mol. The number of nitrogens with zero attached hydrogens (tertiary/aromatic N) is 4. The number of diazo groups is 1. The van der Waals surface area contributed by atoms with E-state index in [1.165, 1.54) is 18.2 Å². The fourth-order valence-corrected chi connectivity index (χ4v) is 1.69. The second-order valence-electron chi connectivity index (χ2n) is 3.15. The Morgan fingerprint density at radius 2 is 2.12 bits per heavy atom. The van der Waals surface area contributed by atoms with Crippen LogP contribution in [0.2, 0.25) is 0 Å². The molecule has 0 aliphatic heterocycles. The fourth-order valence-electron chi connectivity index (χ4n) is 1.69. The first-order valence-electron chi connectivity index (χ1n) is 4.25. The first-order valence-corrected chi connectivity index (χ1v) is 4.25. The van der Waals surface area contributed by atoms with Crippen molar-refractivity contribution < 1.29 is 19.7 Å². The highest BCUT2D eigenvalue weighted by molar-refractivity contribution is 6.50. The molecule has 0 aromatic heterocycles. The maximum absolute atomic E-state index is 11.7. The van der Waals surface area contributed by atoms with Crippen molar-refractivity contribution in [3.63, 3.8) is 0 Å². The third-order valence-electron chi connectivity index (χ3n) is 2.43. The van der Waals surface area contributed by atoms with Gasteiger partial charge in [0.15, 0.2) is 4.98 Å². The first-order chi connectivity index (χ1) is 7.71. The topological polar surface area (TPSA) is 114 Å². The summed E-state index contributed by atoms with van der Waals surface area (Å²) in [4.78, 5) is 20.9. The molecule has 7 nitrogen and oxygen atoms in total. The lowest BCUT2D eigenvalue weighted by molar-refractivity contribution is -0.710. The van der Waals surface area contributed by atoms with Crippen LogP contribution in [0.4, 0.5) is 0 Å². The molecule has 0 fully saturated rings. The van der Waals surface area contributed by atoms with Crippen molar-refractivity contribution in [1.29, 1.82) is 5.39 Å². The molecule has 78 valence electrons. The molecule has 1 unspecified atom stereocenters. The zero-order valence-electron chi connectivity index (χ0n) is 7.82. The number of carbonyl (C=O) groups is 1. The van der Waals surface area contributed by atoms with E-state index < -0.39 is 11.5 Å². The molecule has 0 amide bonds. The SMILES string of the molecule is N#[N+]C1(O[O-])C(=O)C(=[N+]=[N-])c2ccccc21. The van der Waals surface area contributed by atoms with Crippen molar-refractivity contribution >= 4 is 11.5 Å². The summed E-state index contributed by atoms with van der Waals surface area (Å²) in [7, 11) is 0. The van der Waals surface area contributed by atoms with Gasteiger partial charge in [-0.05, 0) is 12.1 Å². The highest BCUT2D eigenvalue weighted by Crippen LogP contribution is 2.37. The number of hydrogen-bond donors (Lipinski definition) is 0. The molecule has 16 heavy (non-hydrogen) atoms. The van der Waals surface area contributed by atoms with Crippen LogP contribution in [-0.2, 0) is 15.4 Å². The minimum absolute atomic E-state index is 0.0466. The van der Waals surface area contributed by atoms with Gasteiger partial charge < -0.3 is 15.7 Å². The van der Waals surface area contributed by atoms with Crippen LogP contribution < -0.4 is 5.26 Å². The van der Waals surface area contributed by atoms with Gasteiger partial charge in [0.05, 0.1) is 11.1 Å². The minimum Gasteiger partial charge on any atom is -0.717 e. The van der Waals surface area contributed by atoms with Crippen molar-refractivity contribution in [1.82, 2.24) is 0 Å². The molecule has 0 N–H and O–H groups in total. The number of carbonyl (C=O) groups excluding carboxylic acids is 1. The number of Topliss-reactive ketones (excluding diaryl/α,β-unsaturated/α-hetero) is 1. The zero-order valence-corrected chi connectivity index (χ0v) is 7.82. The van der Waals surface area contributed by atoms with E-state index in [9.17, 15) is 10.1 Å². The third kappa shape index (κ3) is 0.975. The van der Waals surface area contributed by atoms with E-state index >= 15 is 0 Å². The molecule has 1 aromatic rings. The van der Waals surface area contributed by atoms with E-state index in [1.807, 2.05) is 0 Å². The van der Waals surface area contributed by atoms with Crippen LogP contribution >= 0.6 is 0 Å². The number of benzene rings is 1.